The number of amides is 1. The number of alkyl halides is 2. The molecule has 0 aromatic carbocycles. The Morgan fingerprint density at radius 1 is 1.24 bits per heavy atom. The first-order chi connectivity index (χ1) is 11.9. The highest BCUT2D eigenvalue weighted by molar-refractivity contribution is 5.93. The lowest BCUT2D eigenvalue weighted by Gasteiger charge is -2.11. The van der Waals surface area contributed by atoms with Crippen LogP contribution in [0.3, 0.4) is 0 Å². The van der Waals surface area contributed by atoms with Gasteiger partial charge in [0, 0.05) is 24.5 Å². The molecule has 1 amide bonds. The van der Waals surface area contributed by atoms with Crippen molar-refractivity contribution in [3.8, 4) is 11.6 Å². The number of halogens is 4. The van der Waals surface area contributed by atoms with E-state index in [1.807, 2.05) is 0 Å². The molecule has 0 aliphatic rings. The summed E-state index contributed by atoms with van der Waals surface area (Å²) in [5.41, 5.74) is 0.0581. The van der Waals surface area contributed by atoms with Crippen LogP contribution in [0.1, 0.15) is 22.8 Å². The van der Waals surface area contributed by atoms with Gasteiger partial charge in [0.05, 0.1) is 18.4 Å². The molecular weight excluding hydrogens is 346 g/mol. The Hall–Kier alpha value is -2.91. The fraction of sp³-hybridized carbons (Fsp3) is 0.267. The molecule has 2 aromatic heterocycles. The summed E-state index contributed by atoms with van der Waals surface area (Å²) in [6.45, 7) is -1.50. The molecule has 0 saturated carbocycles. The molecule has 0 atom stereocenters. The van der Waals surface area contributed by atoms with Crippen molar-refractivity contribution >= 4 is 5.91 Å². The molecule has 2 rings (SSSR count). The van der Waals surface area contributed by atoms with E-state index in [2.05, 4.69) is 20.0 Å². The summed E-state index contributed by atoms with van der Waals surface area (Å²) in [5.74, 6) is -3.62. The molecule has 6 nitrogen and oxygen atoms in total. The molecule has 2 aromatic rings. The Morgan fingerprint density at radius 2 is 2.00 bits per heavy atom. The van der Waals surface area contributed by atoms with Crippen LogP contribution in [0, 0.1) is 11.6 Å². The molecule has 25 heavy (non-hydrogen) atoms. The highest BCUT2D eigenvalue weighted by atomic mass is 19.3. The maximum absolute atomic E-state index is 13.7. The average Bonchev–Trinajstić information content (AvgIpc) is 2.56. The van der Waals surface area contributed by atoms with E-state index in [4.69, 9.17) is 4.74 Å². The van der Waals surface area contributed by atoms with E-state index in [0.717, 1.165) is 12.4 Å². The minimum absolute atomic E-state index is 0.0530. The molecule has 0 fully saturated rings. The predicted molar refractivity (Wildman–Crippen MR) is 77.4 cm³/mol. The lowest BCUT2D eigenvalue weighted by molar-refractivity contribution is -0.0553. The number of nitrogens with zero attached hydrogens (tertiary/aromatic N) is 2. The zero-order valence-corrected chi connectivity index (χ0v) is 12.9. The van der Waals surface area contributed by atoms with Crippen molar-refractivity contribution < 1.29 is 31.8 Å². The van der Waals surface area contributed by atoms with E-state index in [0.29, 0.717) is 6.07 Å². The van der Waals surface area contributed by atoms with Gasteiger partial charge in [0.2, 0.25) is 0 Å². The Labute approximate surface area is 139 Å². The molecule has 0 radical (unpaired) electrons. The molecule has 0 saturated heterocycles. The Morgan fingerprint density at radius 3 is 2.64 bits per heavy atom. The maximum Gasteiger partial charge on any atom is 0.388 e. The van der Waals surface area contributed by atoms with Crippen LogP contribution in [0.15, 0.2) is 24.7 Å². The fourth-order valence-corrected chi connectivity index (χ4v) is 1.89. The molecule has 0 aliphatic carbocycles. The van der Waals surface area contributed by atoms with Crippen molar-refractivity contribution in [2.45, 2.75) is 20.1 Å². The van der Waals surface area contributed by atoms with Gasteiger partial charge < -0.3 is 14.8 Å². The summed E-state index contributed by atoms with van der Waals surface area (Å²) in [6, 6.07) is 0.702. The number of hydrogen-bond acceptors (Lipinski definition) is 5. The monoisotopic (exact) mass is 359 g/mol. The van der Waals surface area contributed by atoms with Gasteiger partial charge in [-0.15, -0.1) is 0 Å². The maximum atomic E-state index is 13.7. The third-order valence-electron chi connectivity index (χ3n) is 2.93. The van der Waals surface area contributed by atoms with Gasteiger partial charge in [-0.3, -0.25) is 9.78 Å². The standard InChI is InChI=1S/C15H13F4N3O3/c1-2-24-12-9(4-20-7-11(12)17)6-21-13(23)8-3-10(16)14(22-5-8)25-15(18)19/h3-5,7,15H,2,6H2,1H3,(H,21,23). The van der Waals surface area contributed by atoms with Crippen LogP contribution < -0.4 is 14.8 Å². The van der Waals surface area contributed by atoms with Gasteiger partial charge in [-0.2, -0.15) is 8.78 Å². The molecule has 0 aliphatic heterocycles. The first-order valence-corrected chi connectivity index (χ1v) is 7.06. The lowest BCUT2D eigenvalue weighted by atomic mass is 10.2. The van der Waals surface area contributed by atoms with Crippen molar-refractivity contribution in [3.63, 3.8) is 0 Å². The summed E-state index contributed by atoms with van der Waals surface area (Å²) in [4.78, 5) is 19.0. The van der Waals surface area contributed by atoms with E-state index in [1.54, 1.807) is 6.92 Å². The van der Waals surface area contributed by atoms with Crippen molar-refractivity contribution in [1.29, 1.82) is 0 Å². The number of carbonyl (C=O) groups excluding carboxylic acids is 1. The zero-order valence-electron chi connectivity index (χ0n) is 12.9. The zero-order chi connectivity index (χ0) is 18.4. The summed E-state index contributed by atoms with van der Waals surface area (Å²) < 4.78 is 60.3. The number of rotatable bonds is 7. The van der Waals surface area contributed by atoms with Gasteiger partial charge >= 0.3 is 6.61 Å². The Balaban J connectivity index is 2.08. The molecule has 10 heteroatoms. The first kappa shape index (κ1) is 18.4. The van der Waals surface area contributed by atoms with Crippen LogP contribution in [-0.4, -0.2) is 29.1 Å². The van der Waals surface area contributed by atoms with Gasteiger partial charge in [-0.05, 0) is 13.0 Å². The number of carbonyl (C=O) groups is 1. The van der Waals surface area contributed by atoms with E-state index in [1.165, 1.54) is 6.20 Å². The first-order valence-electron chi connectivity index (χ1n) is 7.06. The van der Waals surface area contributed by atoms with E-state index in [9.17, 15) is 22.4 Å². The second-order valence-corrected chi connectivity index (χ2v) is 4.61. The van der Waals surface area contributed by atoms with Crippen LogP contribution in [0.2, 0.25) is 0 Å². The number of ether oxygens (including phenoxy) is 2. The quantitative estimate of drug-likeness (QED) is 0.770. The number of aromatic nitrogens is 2. The number of pyridine rings is 2. The lowest BCUT2D eigenvalue weighted by Crippen LogP contribution is -2.24. The van der Waals surface area contributed by atoms with E-state index >= 15 is 0 Å². The fourth-order valence-electron chi connectivity index (χ4n) is 1.89. The van der Waals surface area contributed by atoms with Crippen molar-refractivity contribution in [2.24, 2.45) is 0 Å². The van der Waals surface area contributed by atoms with Gasteiger partial charge in [-0.1, -0.05) is 0 Å². The number of hydrogen-bond donors (Lipinski definition) is 1. The van der Waals surface area contributed by atoms with Gasteiger partial charge in [0.25, 0.3) is 11.8 Å². The highest BCUT2D eigenvalue weighted by Gasteiger charge is 2.16. The highest BCUT2D eigenvalue weighted by Crippen LogP contribution is 2.21. The predicted octanol–water partition coefficient (Wildman–Crippen LogP) is 2.68. The minimum Gasteiger partial charge on any atom is -0.490 e. The van der Waals surface area contributed by atoms with Crippen LogP contribution in [0.25, 0.3) is 0 Å². The number of nitrogens with one attached hydrogen (secondary N) is 1. The van der Waals surface area contributed by atoms with Gasteiger partial charge in [0.15, 0.2) is 17.4 Å². The third kappa shape index (κ3) is 4.78. The topological polar surface area (TPSA) is 73.3 Å². The molecule has 134 valence electrons. The minimum atomic E-state index is -3.24. The molecule has 0 bridgehead atoms. The largest absolute Gasteiger partial charge is 0.490 e. The smallest absolute Gasteiger partial charge is 0.388 e. The third-order valence-corrected chi connectivity index (χ3v) is 2.93. The summed E-state index contributed by atoms with van der Waals surface area (Å²) in [7, 11) is 0. The molecular formula is C15H13F4N3O3. The molecule has 1 N–H and O–H groups in total. The average molecular weight is 359 g/mol. The molecule has 0 unspecified atom stereocenters. The Bertz CT molecular complexity index is 759. The Kier molecular flexibility index (Phi) is 6.09. The van der Waals surface area contributed by atoms with Gasteiger partial charge in [0.1, 0.15) is 0 Å². The van der Waals surface area contributed by atoms with Crippen LogP contribution >= 0.6 is 0 Å². The molecule has 0 spiro atoms. The van der Waals surface area contributed by atoms with Crippen LogP contribution in [0.5, 0.6) is 11.6 Å². The van der Waals surface area contributed by atoms with Crippen LogP contribution in [0.4, 0.5) is 17.6 Å². The molecule has 2 heterocycles. The summed E-state index contributed by atoms with van der Waals surface area (Å²) in [6.07, 6.45) is 3.16. The second-order valence-electron chi connectivity index (χ2n) is 4.61. The van der Waals surface area contributed by atoms with Gasteiger partial charge in [-0.25, -0.2) is 13.8 Å². The van der Waals surface area contributed by atoms with E-state index in [-0.39, 0.29) is 30.0 Å². The SMILES string of the molecule is CCOc1c(F)cncc1CNC(=O)c1cnc(OC(F)F)c(F)c1. The van der Waals surface area contributed by atoms with E-state index < -0.39 is 30.0 Å². The second kappa shape index (κ2) is 8.27. The normalized spacial score (nSPS) is 10.6. The van der Waals surface area contributed by atoms with Crippen molar-refractivity contribution in [2.75, 3.05) is 6.61 Å². The summed E-state index contributed by atoms with van der Waals surface area (Å²) >= 11 is 0. The van der Waals surface area contributed by atoms with Crippen molar-refractivity contribution in [3.05, 3.63) is 47.4 Å². The summed E-state index contributed by atoms with van der Waals surface area (Å²) in [5, 5.41) is 2.41. The van der Waals surface area contributed by atoms with Crippen LogP contribution in [-0.2, 0) is 6.54 Å². The van der Waals surface area contributed by atoms with Crippen molar-refractivity contribution in [1.82, 2.24) is 15.3 Å².